The summed E-state index contributed by atoms with van der Waals surface area (Å²) in [5.41, 5.74) is 0. The van der Waals surface area contributed by atoms with Gasteiger partial charge in [-0.1, -0.05) is 18.9 Å². The normalized spacial score (nSPS) is 11.8. The molecule has 0 amide bonds. The van der Waals surface area contributed by atoms with Gasteiger partial charge in [0.2, 0.25) is 10.0 Å². The van der Waals surface area contributed by atoms with Gasteiger partial charge in [0, 0.05) is 17.8 Å². The second-order valence-corrected chi connectivity index (χ2v) is 5.19. The zero-order valence-corrected chi connectivity index (χ0v) is 9.29. The van der Waals surface area contributed by atoms with E-state index in [2.05, 4.69) is 17.8 Å². The number of nitrogens with one attached hydrogen (secondary N) is 1. The number of hydrogen-bond acceptors (Lipinski definition) is 4. The van der Waals surface area contributed by atoms with Gasteiger partial charge in [0.1, 0.15) is 0 Å². The van der Waals surface area contributed by atoms with Crippen LogP contribution < -0.4 is 4.13 Å². The molecule has 0 aliphatic heterocycles. The first-order valence-electron chi connectivity index (χ1n) is 4.13. The fourth-order valence-electron chi connectivity index (χ4n) is 1.28. The van der Waals surface area contributed by atoms with Gasteiger partial charge in [0.15, 0.2) is 0 Å². The molecule has 0 aliphatic carbocycles. The monoisotopic (exact) mass is 240 g/mol. The van der Waals surface area contributed by atoms with Crippen LogP contribution in [-0.4, -0.2) is 13.4 Å². The van der Waals surface area contributed by atoms with Crippen molar-refractivity contribution in [1.82, 2.24) is 9.11 Å². The smallest absolute Gasteiger partial charge is 0.249 e. The van der Waals surface area contributed by atoms with Gasteiger partial charge in [-0.15, -0.1) is 0 Å². The van der Waals surface area contributed by atoms with Crippen molar-refractivity contribution in [2.45, 2.75) is 4.90 Å². The predicted molar refractivity (Wildman–Crippen MR) is 61.1 cm³/mol. The summed E-state index contributed by atoms with van der Waals surface area (Å²) in [5.74, 6) is 0. The number of fused-ring (bicyclic) bond motifs is 1. The van der Waals surface area contributed by atoms with Crippen LogP contribution in [0.1, 0.15) is 0 Å². The summed E-state index contributed by atoms with van der Waals surface area (Å²) in [5, 5.41) is 1.73. The fraction of sp³-hybridized carbons (Fsp3) is 0. The number of benzene rings is 1. The van der Waals surface area contributed by atoms with Crippen LogP contribution >= 0.6 is 12.8 Å². The molecule has 0 saturated carbocycles. The van der Waals surface area contributed by atoms with Crippen molar-refractivity contribution in [3.05, 3.63) is 36.7 Å². The number of sulfonamides is 1. The molecule has 0 spiro atoms. The molecular formula is C9H8N2O2S2. The van der Waals surface area contributed by atoms with E-state index in [0.29, 0.717) is 0 Å². The van der Waals surface area contributed by atoms with Gasteiger partial charge in [-0.05, 0) is 23.6 Å². The third kappa shape index (κ3) is 1.97. The number of rotatable bonds is 2. The molecule has 0 unspecified atom stereocenters. The molecular weight excluding hydrogens is 232 g/mol. The second kappa shape index (κ2) is 3.80. The third-order valence-corrected chi connectivity index (χ3v) is 3.88. The molecule has 2 rings (SSSR count). The summed E-state index contributed by atoms with van der Waals surface area (Å²) in [4.78, 5) is 4.11. The lowest BCUT2D eigenvalue weighted by Crippen LogP contribution is -2.13. The van der Waals surface area contributed by atoms with Crippen LogP contribution in [0.15, 0.2) is 41.6 Å². The van der Waals surface area contributed by atoms with Gasteiger partial charge in [-0.3, -0.25) is 4.98 Å². The van der Waals surface area contributed by atoms with Crippen LogP contribution in [-0.2, 0) is 10.0 Å². The molecule has 0 bridgehead atoms. The van der Waals surface area contributed by atoms with E-state index in [1.807, 2.05) is 10.2 Å². The Bertz CT molecular complexity index is 596. The molecule has 0 radical (unpaired) electrons. The van der Waals surface area contributed by atoms with E-state index >= 15 is 0 Å². The molecule has 0 saturated heterocycles. The standard InChI is InChI=1S/C9H8N2O2S2/c12-15(13,11-14)9-2-1-7-3-4-10-6-8(7)5-9/h1-6,11,14H. The number of thiol groups is 1. The minimum atomic E-state index is -3.50. The second-order valence-electron chi connectivity index (χ2n) is 2.98. The van der Waals surface area contributed by atoms with Crippen molar-refractivity contribution in [1.29, 1.82) is 0 Å². The highest BCUT2D eigenvalue weighted by Gasteiger charge is 2.11. The van der Waals surface area contributed by atoms with Gasteiger partial charge >= 0.3 is 0 Å². The fourth-order valence-corrected chi connectivity index (χ4v) is 2.23. The Kier molecular flexibility index (Phi) is 2.64. The Morgan fingerprint density at radius 2 is 2.00 bits per heavy atom. The van der Waals surface area contributed by atoms with E-state index in [1.165, 1.54) is 6.07 Å². The number of nitrogens with zero attached hydrogens (tertiary/aromatic N) is 1. The van der Waals surface area contributed by atoms with Crippen LogP contribution in [0.2, 0.25) is 0 Å². The molecule has 1 aromatic heterocycles. The maximum Gasteiger partial charge on any atom is 0.249 e. The molecule has 6 heteroatoms. The zero-order chi connectivity index (χ0) is 10.9. The quantitative estimate of drug-likeness (QED) is 0.779. The minimum Gasteiger partial charge on any atom is -0.264 e. The van der Waals surface area contributed by atoms with E-state index in [1.54, 1.807) is 24.5 Å². The molecule has 0 atom stereocenters. The van der Waals surface area contributed by atoms with Crippen molar-refractivity contribution in [3.8, 4) is 0 Å². The molecule has 2 aromatic rings. The summed E-state index contributed by atoms with van der Waals surface area (Å²) in [6, 6.07) is 6.64. The first-order chi connectivity index (χ1) is 7.13. The largest absolute Gasteiger partial charge is 0.264 e. The predicted octanol–water partition coefficient (Wildman–Crippen LogP) is 1.36. The van der Waals surface area contributed by atoms with Gasteiger partial charge in [-0.2, -0.15) is 4.13 Å². The van der Waals surface area contributed by atoms with Crippen molar-refractivity contribution < 1.29 is 8.42 Å². The Hall–Kier alpha value is -1.11. The van der Waals surface area contributed by atoms with E-state index < -0.39 is 10.0 Å². The molecule has 15 heavy (non-hydrogen) atoms. The van der Waals surface area contributed by atoms with Gasteiger partial charge in [0.05, 0.1) is 4.90 Å². The third-order valence-electron chi connectivity index (χ3n) is 2.04. The molecule has 1 heterocycles. The lowest BCUT2D eigenvalue weighted by molar-refractivity contribution is 0.595. The highest BCUT2D eigenvalue weighted by Crippen LogP contribution is 2.17. The highest BCUT2D eigenvalue weighted by atomic mass is 32.3. The SMILES string of the molecule is O=S(=O)(NS)c1ccc2ccncc2c1. The molecule has 0 fully saturated rings. The minimum absolute atomic E-state index is 0.179. The molecule has 1 N–H and O–H groups in total. The number of aromatic nitrogens is 1. The van der Waals surface area contributed by atoms with E-state index in [4.69, 9.17) is 0 Å². The maximum atomic E-state index is 11.4. The van der Waals surface area contributed by atoms with E-state index in [9.17, 15) is 8.42 Å². The molecule has 1 aromatic carbocycles. The van der Waals surface area contributed by atoms with Gasteiger partial charge in [-0.25, -0.2) is 8.42 Å². The van der Waals surface area contributed by atoms with Crippen LogP contribution in [0.5, 0.6) is 0 Å². The maximum absolute atomic E-state index is 11.4. The first kappa shape index (κ1) is 10.4. The van der Waals surface area contributed by atoms with Crippen LogP contribution in [0.4, 0.5) is 0 Å². The number of pyridine rings is 1. The molecule has 0 aliphatic rings. The average Bonchev–Trinajstić information content (AvgIpc) is 2.28. The summed E-state index contributed by atoms with van der Waals surface area (Å²) in [6.07, 6.45) is 3.28. The van der Waals surface area contributed by atoms with Crippen molar-refractivity contribution in [2.75, 3.05) is 0 Å². The Balaban J connectivity index is 2.67. The van der Waals surface area contributed by atoms with Crippen LogP contribution in [0.25, 0.3) is 10.8 Å². The Morgan fingerprint density at radius 3 is 2.73 bits per heavy atom. The van der Waals surface area contributed by atoms with Crippen molar-refractivity contribution in [3.63, 3.8) is 0 Å². The number of hydrogen-bond donors (Lipinski definition) is 2. The Labute approximate surface area is 92.9 Å². The summed E-state index contributed by atoms with van der Waals surface area (Å²) >= 11 is 3.55. The highest BCUT2D eigenvalue weighted by molar-refractivity contribution is 8.00. The lowest BCUT2D eigenvalue weighted by atomic mass is 10.2. The first-order valence-corrected chi connectivity index (χ1v) is 6.06. The summed E-state index contributed by atoms with van der Waals surface area (Å²) < 4.78 is 24.8. The lowest BCUT2D eigenvalue weighted by Gasteiger charge is -2.02. The summed E-state index contributed by atoms with van der Waals surface area (Å²) in [7, 11) is -3.50. The summed E-state index contributed by atoms with van der Waals surface area (Å²) in [6.45, 7) is 0. The average molecular weight is 240 g/mol. The van der Waals surface area contributed by atoms with Gasteiger partial charge in [0.25, 0.3) is 0 Å². The van der Waals surface area contributed by atoms with Gasteiger partial charge < -0.3 is 0 Å². The molecule has 78 valence electrons. The topological polar surface area (TPSA) is 59.1 Å². The van der Waals surface area contributed by atoms with Crippen molar-refractivity contribution in [2.24, 2.45) is 0 Å². The Morgan fingerprint density at radius 1 is 1.20 bits per heavy atom. The van der Waals surface area contributed by atoms with E-state index in [0.717, 1.165) is 10.8 Å². The van der Waals surface area contributed by atoms with Crippen LogP contribution in [0, 0.1) is 0 Å². The zero-order valence-electron chi connectivity index (χ0n) is 7.58. The van der Waals surface area contributed by atoms with E-state index in [-0.39, 0.29) is 4.90 Å². The molecule has 4 nitrogen and oxygen atoms in total. The van der Waals surface area contributed by atoms with Crippen molar-refractivity contribution >= 4 is 33.6 Å². The van der Waals surface area contributed by atoms with Crippen LogP contribution in [0.3, 0.4) is 0 Å².